The molecule has 1 fully saturated rings. The first-order valence-corrected chi connectivity index (χ1v) is 9.14. The van der Waals surface area contributed by atoms with E-state index in [0.717, 1.165) is 37.1 Å². The first kappa shape index (κ1) is 23.1. The SMILES string of the molecule is COC(=O)c1cc(-c2ccc3c(c2)C(=O)CC2(CCNCC2)O3)cnc1C.Cl.Cl. The number of pyridine rings is 1. The zero-order chi connectivity index (χ0) is 19.0. The van der Waals surface area contributed by atoms with Gasteiger partial charge in [-0.3, -0.25) is 9.78 Å². The first-order valence-electron chi connectivity index (χ1n) is 9.14. The largest absolute Gasteiger partial charge is 0.486 e. The Hall–Kier alpha value is -2.15. The molecule has 1 N–H and O–H groups in total. The molecule has 6 nitrogen and oxygen atoms in total. The fourth-order valence-electron chi connectivity index (χ4n) is 3.84. The van der Waals surface area contributed by atoms with Crippen molar-refractivity contribution in [2.45, 2.75) is 31.8 Å². The molecule has 0 radical (unpaired) electrons. The number of rotatable bonds is 2. The van der Waals surface area contributed by atoms with Crippen molar-refractivity contribution in [3.63, 3.8) is 0 Å². The summed E-state index contributed by atoms with van der Waals surface area (Å²) in [7, 11) is 1.35. The molecule has 4 rings (SSSR count). The van der Waals surface area contributed by atoms with Crippen LogP contribution >= 0.6 is 24.8 Å². The van der Waals surface area contributed by atoms with Gasteiger partial charge in [0.25, 0.3) is 0 Å². The molecular weight excluding hydrogens is 415 g/mol. The number of ketones is 1. The fraction of sp³-hybridized carbons (Fsp3) is 0.381. The highest BCUT2D eigenvalue weighted by Crippen LogP contribution is 2.39. The number of methoxy groups -OCH3 is 1. The number of aromatic nitrogens is 1. The van der Waals surface area contributed by atoms with E-state index in [1.54, 1.807) is 19.2 Å². The van der Waals surface area contributed by atoms with Gasteiger partial charge in [-0.05, 0) is 43.8 Å². The van der Waals surface area contributed by atoms with Crippen LogP contribution in [0.25, 0.3) is 11.1 Å². The van der Waals surface area contributed by atoms with E-state index >= 15 is 0 Å². The van der Waals surface area contributed by atoms with Gasteiger partial charge in [0.05, 0.1) is 30.4 Å². The highest BCUT2D eigenvalue weighted by Gasteiger charge is 2.41. The standard InChI is InChI=1S/C21H22N2O4.2ClH/c1-13-16(20(25)26-2)10-15(12-23-13)14-3-4-19-17(9-14)18(24)11-21(27-19)5-7-22-8-6-21;;/h3-4,9-10,12,22H,5-8,11H2,1-2H3;2*1H. The van der Waals surface area contributed by atoms with Crippen molar-refractivity contribution < 1.29 is 19.1 Å². The van der Waals surface area contributed by atoms with E-state index in [-0.39, 0.29) is 36.2 Å². The number of esters is 1. The number of hydrogen-bond donors (Lipinski definition) is 1. The van der Waals surface area contributed by atoms with Crippen LogP contribution < -0.4 is 10.1 Å². The number of Topliss-reactive ketones (excluding diaryl/α,β-unsaturated/α-hetero) is 1. The Labute approximate surface area is 182 Å². The summed E-state index contributed by atoms with van der Waals surface area (Å²) in [5, 5.41) is 3.31. The van der Waals surface area contributed by atoms with E-state index < -0.39 is 5.97 Å². The van der Waals surface area contributed by atoms with Gasteiger partial charge >= 0.3 is 5.97 Å². The number of piperidine rings is 1. The summed E-state index contributed by atoms with van der Waals surface area (Å²) in [5.74, 6) is 0.325. The molecule has 0 saturated carbocycles. The lowest BCUT2D eigenvalue weighted by Gasteiger charge is -2.41. The van der Waals surface area contributed by atoms with Gasteiger partial charge in [0.1, 0.15) is 11.4 Å². The second-order valence-electron chi connectivity index (χ2n) is 7.19. The molecule has 0 bridgehead atoms. The van der Waals surface area contributed by atoms with Crippen LogP contribution in [-0.2, 0) is 4.74 Å². The third-order valence-electron chi connectivity index (χ3n) is 5.43. The Bertz CT molecular complexity index is 927. The van der Waals surface area contributed by atoms with Crippen LogP contribution in [0.3, 0.4) is 0 Å². The molecule has 8 heteroatoms. The number of benzene rings is 1. The second kappa shape index (κ2) is 9.11. The molecule has 2 aromatic rings. The second-order valence-corrected chi connectivity index (χ2v) is 7.19. The Morgan fingerprint density at radius 3 is 2.59 bits per heavy atom. The summed E-state index contributed by atoms with van der Waals surface area (Å²) in [6.45, 7) is 3.50. The molecule has 0 amide bonds. The Morgan fingerprint density at radius 1 is 1.17 bits per heavy atom. The van der Waals surface area contributed by atoms with Gasteiger partial charge in [0.2, 0.25) is 0 Å². The lowest BCUT2D eigenvalue weighted by atomic mass is 9.82. The maximum atomic E-state index is 12.8. The summed E-state index contributed by atoms with van der Waals surface area (Å²) >= 11 is 0. The van der Waals surface area contributed by atoms with Crippen LogP contribution in [0.4, 0.5) is 0 Å². The molecule has 156 valence electrons. The quantitative estimate of drug-likeness (QED) is 0.718. The predicted octanol–water partition coefficient (Wildman–Crippen LogP) is 3.77. The number of fused-ring (bicyclic) bond motifs is 1. The lowest BCUT2D eigenvalue weighted by molar-refractivity contribution is 0.0187. The first-order chi connectivity index (χ1) is 13.0. The minimum absolute atomic E-state index is 0. The molecule has 1 aromatic carbocycles. The maximum Gasteiger partial charge on any atom is 0.339 e. The zero-order valence-electron chi connectivity index (χ0n) is 16.3. The Morgan fingerprint density at radius 2 is 1.90 bits per heavy atom. The Balaban J connectivity index is 0.00000150. The summed E-state index contributed by atoms with van der Waals surface area (Å²) in [4.78, 5) is 29.1. The molecule has 0 atom stereocenters. The minimum Gasteiger partial charge on any atom is -0.486 e. The molecule has 1 saturated heterocycles. The van der Waals surface area contributed by atoms with E-state index in [0.29, 0.717) is 29.0 Å². The average Bonchev–Trinajstić information content (AvgIpc) is 2.68. The smallest absolute Gasteiger partial charge is 0.339 e. The maximum absolute atomic E-state index is 12.8. The summed E-state index contributed by atoms with van der Waals surface area (Å²) in [6, 6.07) is 7.33. The van der Waals surface area contributed by atoms with Gasteiger partial charge in [0.15, 0.2) is 5.78 Å². The van der Waals surface area contributed by atoms with Crippen molar-refractivity contribution in [1.29, 1.82) is 0 Å². The molecule has 1 spiro atoms. The van der Waals surface area contributed by atoms with Gasteiger partial charge in [-0.1, -0.05) is 6.07 Å². The number of halogens is 2. The van der Waals surface area contributed by atoms with Crippen molar-refractivity contribution in [1.82, 2.24) is 10.3 Å². The third-order valence-corrected chi connectivity index (χ3v) is 5.43. The topological polar surface area (TPSA) is 77.5 Å². The number of ether oxygens (including phenoxy) is 2. The predicted molar refractivity (Wildman–Crippen MR) is 115 cm³/mol. The Kier molecular flexibility index (Phi) is 7.27. The molecule has 0 unspecified atom stereocenters. The van der Waals surface area contributed by atoms with Gasteiger partial charge in [-0.2, -0.15) is 0 Å². The summed E-state index contributed by atoms with van der Waals surface area (Å²) in [5.41, 5.74) is 2.83. The molecular formula is C21H24Cl2N2O4. The van der Waals surface area contributed by atoms with Crippen molar-refractivity contribution in [3.8, 4) is 16.9 Å². The van der Waals surface area contributed by atoms with Crippen LogP contribution in [0.2, 0.25) is 0 Å². The molecule has 29 heavy (non-hydrogen) atoms. The van der Waals surface area contributed by atoms with Crippen LogP contribution in [0.1, 0.15) is 45.7 Å². The number of carbonyl (C=O) groups excluding carboxylic acids is 2. The van der Waals surface area contributed by atoms with E-state index in [1.807, 2.05) is 18.2 Å². The molecule has 2 aliphatic rings. The van der Waals surface area contributed by atoms with Crippen molar-refractivity contribution >= 4 is 36.6 Å². The van der Waals surface area contributed by atoms with Crippen molar-refractivity contribution in [2.24, 2.45) is 0 Å². The molecule has 1 aromatic heterocycles. The van der Waals surface area contributed by atoms with Crippen molar-refractivity contribution in [2.75, 3.05) is 20.2 Å². The molecule has 2 aliphatic heterocycles. The van der Waals surface area contributed by atoms with E-state index in [4.69, 9.17) is 9.47 Å². The monoisotopic (exact) mass is 438 g/mol. The number of nitrogens with one attached hydrogen (secondary N) is 1. The number of carbonyl (C=O) groups is 2. The number of hydrogen-bond acceptors (Lipinski definition) is 6. The van der Waals surface area contributed by atoms with Gasteiger partial charge in [-0.25, -0.2) is 4.79 Å². The van der Waals surface area contributed by atoms with E-state index in [2.05, 4.69) is 10.3 Å². The van der Waals surface area contributed by atoms with Crippen LogP contribution in [-0.4, -0.2) is 42.5 Å². The lowest BCUT2D eigenvalue weighted by Crippen LogP contribution is -2.49. The molecule has 3 heterocycles. The summed E-state index contributed by atoms with van der Waals surface area (Å²) < 4.78 is 11.1. The van der Waals surface area contributed by atoms with Crippen LogP contribution in [0.5, 0.6) is 5.75 Å². The van der Waals surface area contributed by atoms with Crippen molar-refractivity contribution in [3.05, 3.63) is 47.3 Å². The van der Waals surface area contributed by atoms with Gasteiger partial charge in [-0.15, -0.1) is 24.8 Å². The number of aryl methyl sites for hydroxylation is 1. The normalized spacial score (nSPS) is 16.7. The highest BCUT2D eigenvalue weighted by molar-refractivity contribution is 6.01. The number of nitrogens with zero attached hydrogens (tertiary/aromatic N) is 1. The van der Waals surface area contributed by atoms with Gasteiger partial charge in [0, 0.05) is 24.6 Å². The average molecular weight is 439 g/mol. The van der Waals surface area contributed by atoms with E-state index in [1.165, 1.54) is 7.11 Å². The van der Waals surface area contributed by atoms with Crippen LogP contribution in [0.15, 0.2) is 30.5 Å². The summed E-state index contributed by atoms with van der Waals surface area (Å²) in [6.07, 6.45) is 3.78. The third kappa shape index (κ3) is 4.39. The van der Waals surface area contributed by atoms with E-state index in [9.17, 15) is 9.59 Å². The highest BCUT2D eigenvalue weighted by atomic mass is 35.5. The zero-order valence-corrected chi connectivity index (χ0v) is 18.0. The minimum atomic E-state index is -0.424. The van der Waals surface area contributed by atoms with Crippen LogP contribution in [0, 0.1) is 6.92 Å². The molecule has 0 aliphatic carbocycles. The van der Waals surface area contributed by atoms with Gasteiger partial charge < -0.3 is 14.8 Å². The fourth-order valence-corrected chi connectivity index (χ4v) is 3.84.